The van der Waals surface area contributed by atoms with Crippen molar-refractivity contribution in [3.05, 3.63) is 60.3 Å². The number of rotatable bonds is 4. The van der Waals surface area contributed by atoms with Gasteiger partial charge in [0.05, 0.1) is 43.2 Å². The zero-order chi connectivity index (χ0) is 27.1. The molecule has 2 N–H and O–H groups in total. The van der Waals surface area contributed by atoms with Gasteiger partial charge in [0.25, 0.3) is 0 Å². The second-order valence-corrected chi connectivity index (χ2v) is 11.9. The van der Waals surface area contributed by atoms with Gasteiger partial charge in [-0.3, -0.25) is 4.79 Å². The second-order valence-electron chi connectivity index (χ2n) is 11.9. The summed E-state index contributed by atoms with van der Waals surface area (Å²) in [6, 6.07) is -0.201. The molecule has 1 fully saturated rings. The molecule has 1 unspecified atom stereocenters. The molecule has 3 aliphatic heterocycles. The predicted molar refractivity (Wildman–Crippen MR) is 151 cm³/mol. The zero-order valence-electron chi connectivity index (χ0n) is 23.4. The normalized spacial score (nSPS) is 38.9. The Morgan fingerprint density at radius 1 is 1.18 bits per heavy atom. The summed E-state index contributed by atoms with van der Waals surface area (Å²) >= 11 is 0. The maximum Gasteiger partial charge on any atom is 0.243 e. The third-order valence-corrected chi connectivity index (χ3v) is 8.36. The van der Waals surface area contributed by atoms with Gasteiger partial charge in [0.15, 0.2) is 0 Å². The molecule has 3 heterocycles. The summed E-state index contributed by atoms with van der Waals surface area (Å²) in [5.74, 6) is 0.909. The standard InChI is InChI=1S/C32H47NO5/c1-21-13-14-37-26(16-21)11-12-31(36-4)29-20-24-19-28(24)30(34)18-23(3)15-22(2)17-27-9-5-7-25(38-27)8-6-10-32(35)33-29/h5-7,10-13,22,24-31,34H,3,8-9,14-20H2,1-2,4H3,(H,33,35)/b10-6-,12-11+/t22-,24+,25-,26+,27-,28?,29-,30-,31-/m0/s1. The Morgan fingerprint density at radius 3 is 2.82 bits per heavy atom. The van der Waals surface area contributed by atoms with E-state index in [9.17, 15) is 9.90 Å². The average Bonchev–Trinajstić information content (AvgIpc) is 3.63. The molecule has 0 saturated heterocycles. The van der Waals surface area contributed by atoms with Crippen molar-refractivity contribution in [3.8, 4) is 0 Å². The Morgan fingerprint density at radius 2 is 2.03 bits per heavy atom. The van der Waals surface area contributed by atoms with E-state index in [0.717, 1.165) is 44.1 Å². The first-order valence-electron chi connectivity index (χ1n) is 14.4. The van der Waals surface area contributed by atoms with Crippen molar-refractivity contribution in [1.29, 1.82) is 0 Å². The van der Waals surface area contributed by atoms with Crippen LogP contribution in [0.1, 0.15) is 65.2 Å². The highest BCUT2D eigenvalue weighted by molar-refractivity contribution is 5.87. The third kappa shape index (κ3) is 8.77. The van der Waals surface area contributed by atoms with Crippen molar-refractivity contribution in [1.82, 2.24) is 5.32 Å². The van der Waals surface area contributed by atoms with E-state index in [1.165, 1.54) is 5.57 Å². The smallest absolute Gasteiger partial charge is 0.243 e. The lowest BCUT2D eigenvalue weighted by atomic mass is 9.90. The fourth-order valence-corrected chi connectivity index (χ4v) is 6.23. The minimum atomic E-state index is -0.394. The van der Waals surface area contributed by atoms with Crippen LogP contribution in [0.3, 0.4) is 0 Å². The number of hydrogen-bond donors (Lipinski definition) is 2. The average molecular weight is 526 g/mol. The molecule has 4 aliphatic rings. The van der Waals surface area contributed by atoms with E-state index in [1.807, 2.05) is 12.2 Å². The summed E-state index contributed by atoms with van der Waals surface area (Å²) < 4.78 is 18.0. The highest BCUT2D eigenvalue weighted by atomic mass is 16.5. The summed E-state index contributed by atoms with van der Waals surface area (Å²) in [4.78, 5) is 13.0. The lowest BCUT2D eigenvalue weighted by Crippen LogP contribution is -2.43. The Kier molecular flexibility index (Phi) is 10.6. The fourth-order valence-electron chi connectivity index (χ4n) is 6.23. The number of aliphatic hydroxyl groups is 1. The molecule has 6 nitrogen and oxygen atoms in total. The molecular formula is C32H47NO5. The minimum absolute atomic E-state index is 0.0143. The number of hydrogen-bond acceptors (Lipinski definition) is 5. The molecule has 1 aliphatic carbocycles. The molecule has 210 valence electrons. The maximum absolute atomic E-state index is 13.0. The van der Waals surface area contributed by atoms with E-state index >= 15 is 0 Å². The third-order valence-electron chi connectivity index (χ3n) is 8.36. The van der Waals surface area contributed by atoms with Crippen LogP contribution in [0.2, 0.25) is 0 Å². The quantitative estimate of drug-likeness (QED) is 0.494. The van der Waals surface area contributed by atoms with Gasteiger partial charge in [-0.25, -0.2) is 0 Å². The van der Waals surface area contributed by atoms with E-state index in [2.05, 4.69) is 50.0 Å². The van der Waals surface area contributed by atoms with E-state index in [4.69, 9.17) is 14.2 Å². The Balaban J connectivity index is 1.47. The molecule has 0 aromatic carbocycles. The fraction of sp³-hybridized carbons (Fsp3) is 0.656. The molecule has 6 heteroatoms. The summed E-state index contributed by atoms with van der Waals surface area (Å²) in [6.45, 7) is 9.28. The van der Waals surface area contributed by atoms with Gasteiger partial charge >= 0.3 is 0 Å². The molecule has 0 spiro atoms. The lowest BCUT2D eigenvalue weighted by Gasteiger charge is -2.28. The van der Waals surface area contributed by atoms with Crippen LogP contribution in [-0.4, -0.2) is 61.3 Å². The van der Waals surface area contributed by atoms with Crippen LogP contribution in [0.25, 0.3) is 0 Å². The van der Waals surface area contributed by atoms with Gasteiger partial charge in [0.2, 0.25) is 5.91 Å². The zero-order valence-corrected chi connectivity index (χ0v) is 23.4. The molecule has 1 saturated carbocycles. The molecular weight excluding hydrogens is 478 g/mol. The molecule has 0 aromatic rings. The monoisotopic (exact) mass is 525 g/mol. The summed E-state index contributed by atoms with van der Waals surface area (Å²) in [7, 11) is 1.68. The molecule has 38 heavy (non-hydrogen) atoms. The van der Waals surface area contributed by atoms with Crippen LogP contribution in [-0.2, 0) is 19.0 Å². The van der Waals surface area contributed by atoms with Gasteiger partial charge in [0, 0.05) is 7.11 Å². The molecule has 0 radical (unpaired) electrons. The molecule has 0 aromatic heterocycles. The van der Waals surface area contributed by atoms with Gasteiger partial charge in [-0.05, 0) is 82.1 Å². The van der Waals surface area contributed by atoms with Gasteiger partial charge < -0.3 is 24.6 Å². The second kappa shape index (κ2) is 13.9. The van der Waals surface area contributed by atoms with E-state index < -0.39 is 6.10 Å². The van der Waals surface area contributed by atoms with Gasteiger partial charge in [0.1, 0.15) is 0 Å². The van der Waals surface area contributed by atoms with Gasteiger partial charge in [-0.2, -0.15) is 0 Å². The summed E-state index contributed by atoms with van der Waals surface area (Å²) in [6.07, 6.45) is 20.2. The Hall–Kier alpha value is -1.99. The van der Waals surface area contributed by atoms with Crippen LogP contribution in [0.4, 0.5) is 0 Å². The molecule has 1 amide bonds. The number of aliphatic hydroxyl groups excluding tert-OH is 1. The minimum Gasteiger partial charge on any atom is -0.392 e. The Bertz CT molecular complexity index is 936. The van der Waals surface area contributed by atoms with Crippen LogP contribution < -0.4 is 5.32 Å². The number of amides is 1. The number of carbonyl (C=O) groups excluding carboxylic acids is 1. The van der Waals surface area contributed by atoms with Crippen LogP contribution in [0.5, 0.6) is 0 Å². The largest absolute Gasteiger partial charge is 0.392 e. The van der Waals surface area contributed by atoms with Gasteiger partial charge in [-0.1, -0.05) is 61.1 Å². The maximum atomic E-state index is 13.0. The van der Waals surface area contributed by atoms with E-state index in [-0.39, 0.29) is 42.3 Å². The summed E-state index contributed by atoms with van der Waals surface area (Å²) in [5, 5.41) is 14.2. The first kappa shape index (κ1) is 29.0. The highest BCUT2D eigenvalue weighted by Crippen LogP contribution is 2.46. The molecule has 4 rings (SSSR count). The van der Waals surface area contributed by atoms with Crippen molar-refractivity contribution in [2.75, 3.05) is 13.7 Å². The number of fused-ring (bicyclic) bond motifs is 3. The predicted octanol–water partition coefficient (Wildman–Crippen LogP) is 5.20. The van der Waals surface area contributed by atoms with Crippen LogP contribution in [0, 0.1) is 17.8 Å². The first-order valence-corrected chi connectivity index (χ1v) is 14.4. The Labute approximate surface area is 228 Å². The topological polar surface area (TPSA) is 77.0 Å². The number of methoxy groups -OCH3 is 1. The van der Waals surface area contributed by atoms with Crippen molar-refractivity contribution in [3.63, 3.8) is 0 Å². The first-order chi connectivity index (χ1) is 18.3. The van der Waals surface area contributed by atoms with Crippen molar-refractivity contribution >= 4 is 5.91 Å². The van der Waals surface area contributed by atoms with Crippen molar-refractivity contribution in [2.45, 2.75) is 102 Å². The van der Waals surface area contributed by atoms with Crippen LogP contribution >= 0.6 is 0 Å². The number of ether oxygens (including phenoxy) is 3. The van der Waals surface area contributed by atoms with E-state index in [0.29, 0.717) is 31.3 Å². The highest BCUT2D eigenvalue weighted by Gasteiger charge is 2.44. The SMILES string of the molecule is C=C1C[C@H](C)C[C@@H]2CC=C[C@@H](C/C=C\C(=O)N[C@H]([C@H](/C=C/[C@@H]3CC(C)=CCO3)OC)C[C@H]3CC3[C@@H](O)C1)O2. The molecule has 9 atom stereocenters. The van der Waals surface area contributed by atoms with Crippen molar-refractivity contribution < 1.29 is 24.1 Å². The lowest BCUT2D eigenvalue weighted by molar-refractivity contribution is -0.118. The molecule has 2 bridgehead atoms. The summed E-state index contributed by atoms with van der Waals surface area (Å²) in [5.41, 5.74) is 2.44. The van der Waals surface area contributed by atoms with Crippen LogP contribution in [0.15, 0.2) is 60.3 Å². The number of carbonyl (C=O) groups is 1. The van der Waals surface area contributed by atoms with E-state index in [1.54, 1.807) is 13.2 Å². The number of nitrogens with one attached hydrogen (secondary N) is 1. The van der Waals surface area contributed by atoms with Crippen molar-refractivity contribution in [2.24, 2.45) is 17.8 Å². The van der Waals surface area contributed by atoms with Gasteiger partial charge in [-0.15, -0.1) is 0 Å².